The number of nitrogens with one attached hydrogen (secondary N) is 1. The Kier molecular flexibility index (Phi) is 3.62. The van der Waals surface area contributed by atoms with E-state index in [0.717, 1.165) is 11.8 Å². The number of rotatable bonds is 2. The second-order valence-electron chi connectivity index (χ2n) is 2.46. The Bertz CT molecular complexity index is 322. The molecule has 8 heteroatoms. The van der Waals surface area contributed by atoms with E-state index in [-0.39, 0.29) is 4.91 Å². The zero-order valence-corrected chi connectivity index (χ0v) is 10.6. The molecule has 0 fully saturated rings. The third-order valence-corrected chi connectivity index (χ3v) is 6.04. The van der Waals surface area contributed by atoms with Crippen molar-refractivity contribution in [3.63, 3.8) is 0 Å². The molecule has 0 aromatic carbocycles. The molecule has 1 aliphatic heterocycles. The van der Waals surface area contributed by atoms with Gasteiger partial charge in [-0.3, -0.25) is 10.2 Å². The van der Waals surface area contributed by atoms with Crippen molar-refractivity contribution in [3.05, 3.63) is 11.0 Å². The van der Waals surface area contributed by atoms with E-state index in [0.29, 0.717) is 0 Å². The van der Waals surface area contributed by atoms with Gasteiger partial charge in [-0.2, -0.15) is 0 Å². The van der Waals surface area contributed by atoms with E-state index in [1.165, 1.54) is 6.08 Å². The summed E-state index contributed by atoms with van der Waals surface area (Å²) in [7, 11) is 0. The standard InChI is InChI=1S/C6H6Br2N2O3S/c7-3-1-2(4(11)12)14-6(3,8)5(13)10-9/h1,3H,9H2,(H,10,13)(H,11,12)/t3-,6+/m0/s1. The quantitative estimate of drug-likeness (QED) is 0.294. The average molecular weight is 346 g/mol. The number of aliphatic carboxylic acids is 1. The first-order chi connectivity index (χ1) is 6.41. The highest BCUT2D eigenvalue weighted by Crippen LogP contribution is 2.50. The first-order valence-electron chi connectivity index (χ1n) is 3.40. The zero-order valence-electron chi connectivity index (χ0n) is 6.66. The number of amides is 1. The molecular formula is C6H6Br2N2O3S. The van der Waals surface area contributed by atoms with E-state index < -0.39 is 20.4 Å². The van der Waals surface area contributed by atoms with Crippen molar-refractivity contribution < 1.29 is 14.7 Å². The van der Waals surface area contributed by atoms with Gasteiger partial charge in [0.15, 0.2) is 3.66 Å². The third-order valence-electron chi connectivity index (χ3n) is 1.56. The van der Waals surface area contributed by atoms with Crippen molar-refractivity contribution in [2.24, 2.45) is 5.84 Å². The molecule has 1 rings (SSSR count). The summed E-state index contributed by atoms with van der Waals surface area (Å²) in [5.74, 6) is 3.43. The summed E-state index contributed by atoms with van der Waals surface area (Å²) < 4.78 is -1.09. The van der Waals surface area contributed by atoms with E-state index in [9.17, 15) is 9.59 Å². The Balaban J connectivity index is 2.90. The van der Waals surface area contributed by atoms with E-state index in [1.54, 1.807) is 0 Å². The summed E-state index contributed by atoms with van der Waals surface area (Å²) in [5, 5.41) is 8.72. The Morgan fingerprint density at radius 2 is 2.29 bits per heavy atom. The lowest BCUT2D eigenvalue weighted by Gasteiger charge is -2.22. The smallest absolute Gasteiger partial charge is 0.341 e. The lowest BCUT2D eigenvalue weighted by Crippen LogP contribution is -2.46. The molecular weight excluding hydrogens is 340 g/mol. The maximum Gasteiger partial charge on any atom is 0.341 e. The minimum Gasteiger partial charge on any atom is -0.477 e. The number of hydrogen-bond acceptors (Lipinski definition) is 4. The number of carbonyl (C=O) groups is 2. The molecule has 0 aliphatic carbocycles. The van der Waals surface area contributed by atoms with E-state index >= 15 is 0 Å². The fraction of sp³-hybridized carbons (Fsp3) is 0.333. The normalized spacial score (nSPS) is 31.1. The molecule has 0 bridgehead atoms. The molecule has 0 radical (unpaired) electrons. The minimum absolute atomic E-state index is 0.104. The van der Waals surface area contributed by atoms with Crippen LogP contribution < -0.4 is 11.3 Å². The Labute approximate surface area is 101 Å². The maximum atomic E-state index is 11.4. The molecule has 5 nitrogen and oxygen atoms in total. The topological polar surface area (TPSA) is 92.4 Å². The number of allylic oxidation sites excluding steroid dienone is 1. The monoisotopic (exact) mass is 344 g/mol. The first-order valence-corrected chi connectivity index (χ1v) is 5.92. The Morgan fingerprint density at radius 1 is 1.71 bits per heavy atom. The number of hydrogen-bond donors (Lipinski definition) is 3. The first kappa shape index (κ1) is 12.0. The molecule has 0 aromatic rings. The number of halogens is 2. The third kappa shape index (κ3) is 1.97. The van der Waals surface area contributed by atoms with Crippen LogP contribution in [0.4, 0.5) is 0 Å². The summed E-state index contributed by atoms with van der Waals surface area (Å²) in [6.45, 7) is 0. The summed E-state index contributed by atoms with van der Waals surface area (Å²) in [5.41, 5.74) is 1.97. The molecule has 0 aromatic heterocycles. The van der Waals surface area contributed by atoms with Gasteiger partial charge in [-0.1, -0.05) is 43.6 Å². The SMILES string of the molecule is NNC(=O)[C@]1(Br)SC(C(=O)O)=C[C@@H]1Br. The van der Waals surface area contributed by atoms with Crippen molar-refractivity contribution >= 4 is 55.5 Å². The van der Waals surface area contributed by atoms with Crippen LogP contribution in [0.15, 0.2) is 11.0 Å². The van der Waals surface area contributed by atoms with Crippen molar-refractivity contribution in [3.8, 4) is 0 Å². The van der Waals surface area contributed by atoms with Gasteiger partial charge >= 0.3 is 5.97 Å². The van der Waals surface area contributed by atoms with Crippen LogP contribution in [0.1, 0.15) is 0 Å². The lowest BCUT2D eigenvalue weighted by molar-refractivity contribution is -0.131. The molecule has 0 unspecified atom stereocenters. The van der Waals surface area contributed by atoms with Gasteiger partial charge in [0.2, 0.25) is 0 Å². The molecule has 0 saturated heterocycles. The van der Waals surface area contributed by atoms with Crippen LogP contribution in [0.5, 0.6) is 0 Å². The second-order valence-corrected chi connectivity index (χ2v) is 6.51. The molecule has 1 amide bonds. The Morgan fingerprint density at radius 3 is 2.64 bits per heavy atom. The van der Waals surface area contributed by atoms with Crippen LogP contribution in [0.25, 0.3) is 0 Å². The van der Waals surface area contributed by atoms with Gasteiger partial charge in [0.1, 0.15) is 0 Å². The van der Waals surface area contributed by atoms with Gasteiger partial charge in [0.05, 0.1) is 9.73 Å². The second kappa shape index (κ2) is 4.21. The van der Waals surface area contributed by atoms with Gasteiger partial charge in [-0.25, -0.2) is 10.6 Å². The number of nitrogens with two attached hydrogens (primary N) is 1. The van der Waals surface area contributed by atoms with Crippen molar-refractivity contribution in [1.29, 1.82) is 0 Å². The average Bonchev–Trinajstić information content (AvgIpc) is 2.43. The number of hydrazine groups is 1. The highest BCUT2D eigenvalue weighted by molar-refractivity contribution is 9.14. The summed E-state index contributed by atoms with van der Waals surface area (Å²) in [6.07, 6.45) is 1.44. The number of thioether (sulfide) groups is 1. The molecule has 1 aliphatic rings. The zero-order chi connectivity index (χ0) is 10.9. The van der Waals surface area contributed by atoms with Gasteiger partial charge < -0.3 is 5.11 Å². The van der Waals surface area contributed by atoms with Crippen molar-refractivity contribution in [2.75, 3.05) is 0 Å². The number of carboxylic acids is 1. The van der Waals surface area contributed by atoms with Crippen LogP contribution >= 0.6 is 43.6 Å². The van der Waals surface area contributed by atoms with Gasteiger partial charge in [-0.15, -0.1) is 0 Å². The lowest BCUT2D eigenvalue weighted by atomic mass is 10.2. The fourth-order valence-electron chi connectivity index (χ4n) is 0.875. The maximum absolute atomic E-state index is 11.4. The van der Waals surface area contributed by atoms with E-state index in [1.807, 2.05) is 5.43 Å². The summed E-state index contributed by atoms with van der Waals surface area (Å²) >= 11 is 7.24. The minimum atomic E-state index is -1.09. The van der Waals surface area contributed by atoms with Crippen molar-refractivity contribution in [2.45, 2.75) is 8.48 Å². The highest BCUT2D eigenvalue weighted by Gasteiger charge is 2.48. The van der Waals surface area contributed by atoms with E-state index in [4.69, 9.17) is 10.9 Å². The van der Waals surface area contributed by atoms with Crippen LogP contribution in [0.3, 0.4) is 0 Å². The molecule has 0 spiro atoms. The summed E-state index contributed by atoms with van der Waals surface area (Å²) in [4.78, 5) is 21.7. The molecule has 2 atom stereocenters. The number of carbonyl (C=O) groups excluding carboxylic acids is 1. The van der Waals surface area contributed by atoms with E-state index in [2.05, 4.69) is 31.9 Å². The molecule has 78 valence electrons. The summed E-state index contributed by atoms with van der Waals surface area (Å²) in [6, 6.07) is 0. The molecule has 1 heterocycles. The number of carboxylic acid groups (broad SMARTS) is 1. The van der Waals surface area contributed by atoms with Gasteiger partial charge in [-0.05, 0) is 6.08 Å². The molecule has 0 saturated carbocycles. The Hall–Kier alpha value is -0.0500. The van der Waals surface area contributed by atoms with Crippen LogP contribution in [0, 0.1) is 0 Å². The predicted molar refractivity (Wildman–Crippen MR) is 60.0 cm³/mol. The van der Waals surface area contributed by atoms with Gasteiger partial charge in [0, 0.05) is 0 Å². The fourth-order valence-corrected chi connectivity index (χ4v) is 3.52. The highest BCUT2D eigenvalue weighted by atomic mass is 79.9. The number of alkyl halides is 2. The molecule has 4 N–H and O–H groups in total. The largest absolute Gasteiger partial charge is 0.477 e. The molecule has 14 heavy (non-hydrogen) atoms. The van der Waals surface area contributed by atoms with Crippen LogP contribution in [0.2, 0.25) is 0 Å². The predicted octanol–water partition coefficient (Wildman–Crippen LogP) is 0.546. The van der Waals surface area contributed by atoms with Crippen molar-refractivity contribution in [1.82, 2.24) is 5.43 Å². The van der Waals surface area contributed by atoms with Crippen LogP contribution in [-0.2, 0) is 9.59 Å². The van der Waals surface area contributed by atoms with Crippen LogP contribution in [-0.4, -0.2) is 25.5 Å². The van der Waals surface area contributed by atoms with Gasteiger partial charge in [0.25, 0.3) is 5.91 Å².